The van der Waals surface area contributed by atoms with Crippen LogP contribution in [0.15, 0.2) is 72.8 Å². The summed E-state index contributed by atoms with van der Waals surface area (Å²) in [6, 6.07) is 27.3. The van der Waals surface area contributed by atoms with Crippen LogP contribution >= 0.6 is 0 Å². The van der Waals surface area contributed by atoms with Gasteiger partial charge in [0.05, 0.1) is 23.3 Å². The van der Waals surface area contributed by atoms with E-state index in [4.69, 9.17) is 10.5 Å². The number of Topliss-reactive ketones (excluding diaryl/α,β-unsaturated/α-hetero) is 1. The SMILES string of the molecule is C#C.CC.CC1CCN(CC2CC2)CC1.N#Cc1ccc2cc(C(=O)[C@H]3CCCN(C4CCC4)C3)ccc2c1.N#Cc1ccc2cc(C=O)ccc2c1. The summed E-state index contributed by atoms with van der Waals surface area (Å²) in [4.78, 5) is 28.7. The van der Waals surface area contributed by atoms with E-state index in [1.54, 1.807) is 12.1 Å². The quantitative estimate of drug-likeness (QED) is 0.113. The van der Waals surface area contributed by atoms with Gasteiger partial charge in [-0.3, -0.25) is 14.5 Å². The Morgan fingerprint density at radius 3 is 1.85 bits per heavy atom. The molecule has 4 aromatic carbocycles. The number of likely N-dealkylation sites (tertiary alicyclic amines) is 2. The number of aldehydes is 1. The molecule has 2 aliphatic carbocycles. The number of ketones is 1. The van der Waals surface area contributed by atoms with Crippen LogP contribution in [0.25, 0.3) is 21.5 Å². The van der Waals surface area contributed by atoms with E-state index in [0.29, 0.717) is 16.7 Å². The van der Waals surface area contributed by atoms with E-state index in [-0.39, 0.29) is 11.7 Å². The zero-order chi connectivity index (χ0) is 38.2. The zero-order valence-corrected chi connectivity index (χ0v) is 32.0. The van der Waals surface area contributed by atoms with Gasteiger partial charge >= 0.3 is 0 Å². The fourth-order valence-corrected chi connectivity index (χ4v) is 7.33. The van der Waals surface area contributed by atoms with Crippen molar-refractivity contribution >= 4 is 33.6 Å². The van der Waals surface area contributed by atoms with Crippen LogP contribution in [0.3, 0.4) is 0 Å². The summed E-state index contributed by atoms with van der Waals surface area (Å²) in [5.74, 6) is 2.49. The number of terminal acetylenes is 1. The first-order chi connectivity index (χ1) is 25.9. The predicted molar refractivity (Wildman–Crippen MR) is 218 cm³/mol. The van der Waals surface area contributed by atoms with E-state index in [2.05, 4.69) is 41.7 Å². The topological polar surface area (TPSA) is 88.2 Å². The van der Waals surface area contributed by atoms with Gasteiger partial charge in [0.2, 0.25) is 0 Å². The minimum Gasteiger partial charge on any atom is -0.303 e. The molecule has 276 valence electrons. The van der Waals surface area contributed by atoms with E-state index >= 15 is 0 Å². The Labute approximate surface area is 317 Å². The molecule has 4 aliphatic rings. The highest BCUT2D eigenvalue weighted by molar-refractivity contribution is 6.01. The number of rotatable bonds is 6. The molecule has 2 saturated heterocycles. The Morgan fingerprint density at radius 2 is 1.30 bits per heavy atom. The van der Waals surface area contributed by atoms with Crippen molar-refractivity contribution in [3.05, 3.63) is 95.1 Å². The molecule has 2 aliphatic heterocycles. The lowest BCUT2D eigenvalue weighted by Gasteiger charge is -2.42. The summed E-state index contributed by atoms with van der Waals surface area (Å²) in [6.45, 7) is 12.6. The highest BCUT2D eigenvalue weighted by atomic mass is 16.1. The summed E-state index contributed by atoms with van der Waals surface area (Å²) in [6.07, 6.45) is 20.8. The number of benzene rings is 4. The van der Waals surface area contributed by atoms with Gasteiger partial charge in [-0.15, -0.1) is 12.8 Å². The van der Waals surface area contributed by atoms with Crippen LogP contribution in [-0.2, 0) is 0 Å². The first kappa shape index (κ1) is 41.0. The molecule has 4 aromatic rings. The molecule has 1 atom stereocenters. The van der Waals surface area contributed by atoms with Gasteiger partial charge in [-0.05, 0) is 141 Å². The number of nitrogens with zero attached hydrogens (tertiary/aromatic N) is 4. The Balaban J connectivity index is 0.000000184. The van der Waals surface area contributed by atoms with Crippen LogP contribution in [0.2, 0.25) is 0 Å². The van der Waals surface area contributed by atoms with E-state index < -0.39 is 0 Å². The fourth-order valence-electron chi connectivity index (χ4n) is 7.33. The van der Waals surface area contributed by atoms with Crippen molar-refractivity contribution in [2.75, 3.05) is 32.7 Å². The highest BCUT2D eigenvalue weighted by Crippen LogP contribution is 2.32. The highest BCUT2D eigenvalue weighted by Gasteiger charge is 2.32. The lowest BCUT2D eigenvalue weighted by Crippen LogP contribution is -2.47. The molecule has 8 rings (SSSR count). The van der Waals surface area contributed by atoms with E-state index in [9.17, 15) is 9.59 Å². The molecule has 53 heavy (non-hydrogen) atoms. The smallest absolute Gasteiger partial charge is 0.167 e. The lowest BCUT2D eigenvalue weighted by molar-refractivity contribution is 0.0612. The van der Waals surface area contributed by atoms with E-state index in [1.807, 2.05) is 74.5 Å². The first-order valence-electron chi connectivity index (χ1n) is 19.6. The standard InChI is InChI=1S/C21H22N2O.C12H7NO.C10H19N.C2H6.C2H2/c22-13-15-6-7-17-12-18(9-8-16(17)11-15)21(24)19-3-2-10-23(14-19)20-4-1-5-20;13-7-9-1-3-12-6-10(8-14)2-4-11(12)5-9;1-9-4-6-11(7-5-9)8-10-2-3-10;2*1-2/h6-9,11-12,19-20H,1-5,10,14H2;1-6,8H;9-10H,2-8H2,1H3;1-2H3;1-2H/t19-;;;;/m0..../s1. The van der Waals surface area contributed by atoms with Gasteiger partial charge < -0.3 is 4.90 Å². The fraction of sp³-hybridized carbons (Fsp3) is 0.447. The third kappa shape index (κ3) is 11.9. The van der Waals surface area contributed by atoms with Crippen molar-refractivity contribution in [1.82, 2.24) is 9.80 Å². The van der Waals surface area contributed by atoms with Crippen LogP contribution in [-0.4, -0.2) is 60.6 Å². The normalized spacial score (nSPS) is 18.7. The second-order valence-corrected chi connectivity index (χ2v) is 14.6. The maximum Gasteiger partial charge on any atom is 0.167 e. The van der Waals surface area contributed by atoms with Gasteiger partial charge in [0.25, 0.3) is 0 Å². The average molecular weight is 709 g/mol. The number of hydrogen-bond donors (Lipinski definition) is 0. The van der Waals surface area contributed by atoms with Crippen molar-refractivity contribution in [2.45, 2.75) is 84.6 Å². The van der Waals surface area contributed by atoms with Gasteiger partial charge in [-0.25, -0.2) is 0 Å². The molecule has 0 radical (unpaired) electrons. The van der Waals surface area contributed by atoms with Crippen LogP contribution in [0.1, 0.15) is 110 Å². The Hall–Kier alpha value is -4.80. The van der Waals surface area contributed by atoms with Gasteiger partial charge in [0.15, 0.2) is 5.78 Å². The summed E-state index contributed by atoms with van der Waals surface area (Å²) in [7, 11) is 0. The summed E-state index contributed by atoms with van der Waals surface area (Å²) >= 11 is 0. The van der Waals surface area contributed by atoms with E-state index in [0.717, 1.165) is 77.2 Å². The first-order valence-corrected chi connectivity index (χ1v) is 19.6. The van der Waals surface area contributed by atoms with Gasteiger partial charge in [0, 0.05) is 36.2 Å². The lowest BCUT2D eigenvalue weighted by atomic mass is 9.85. The zero-order valence-electron chi connectivity index (χ0n) is 32.0. The molecule has 6 heteroatoms. The number of carbonyl (C=O) groups is 2. The maximum absolute atomic E-state index is 13.0. The number of fused-ring (bicyclic) bond motifs is 2. The monoisotopic (exact) mass is 708 g/mol. The van der Waals surface area contributed by atoms with Gasteiger partial charge in [-0.1, -0.05) is 63.6 Å². The Bertz CT molecular complexity index is 1900. The number of piperidine rings is 2. The molecule has 0 amide bonds. The average Bonchev–Trinajstić information content (AvgIpc) is 4.03. The number of carbonyl (C=O) groups excluding carboxylic acids is 2. The molecular weight excluding hydrogens is 653 g/mol. The van der Waals surface area contributed by atoms with E-state index in [1.165, 1.54) is 64.6 Å². The summed E-state index contributed by atoms with van der Waals surface area (Å²) in [5.41, 5.74) is 2.76. The van der Waals surface area contributed by atoms with Crippen LogP contribution in [0.5, 0.6) is 0 Å². The molecule has 0 spiro atoms. The Kier molecular flexibility index (Phi) is 16.3. The maximum atomic E-state index is 13.0. The van der Waals surface area contributed by atoms with Crippen molar-refractivity contribution in [3.63, 3.8) is 0 Å². The summed E-state index contributed by atoms with van der Waals surface area (Å²) < 4.78 is 0. The Morgan fingerprint density at radius 1 is 0.736 bits per heavy atom. The van der Waals surface area contributed by atoms with Crippen molar-refractivity contribution < 1.29 is 9.59 Å². The molecule has 0 unspecified atom stereocenters. The number of hydrogen-bond acceptors (Lipinski definition) is 6. The minimum atomic E-state index is 0.134. The number of nitriles is 2. The molecule has 6 nitrogen and oxygen atoms in total. The van der Waals surface area contributed by atoms with Crippen molar-refractivity contribution in [1.29, 1.82) is 10.5 Å². The van der Waals surface area contributed by atoms with Crippen LogP contribution in [0.4, 0.5) is 0 Å². The second kappa shape index (κ2) is 21.0. The molecule has 0 bridgehead atoms. The van der Waals surface area contributed by atoms with Crippen LogP contribution in [0, 0.1) is 53.3 Å². The minimum absolute atomic E-state index is 0.134. The third-order valence-corrected chi connectivity index (χ3v) is 10.9. The molecule has 4 fully saturated rings. The van der Waals surface area contributed by atoms with Crippen molar-refractivity contribution in [3.8, 4) is 25.0 Å². The van der Waals surface area contributed by atoms with Crippen LogP contribution < -0.4 is 0 Å². The molecular formula is C47H56N4O2. The van der Waals surface area contributed by atoms with Gasteiger partial charge in [0.1, 0.15) is 6.29 Å². The molecule has 2 heterocycles. The second-order valence-electron chi connectivity index (χ2n) is 14.6. The van der Waals surface area contributed by atoms with Crippen molar-refractivity contribution in [2.24, 2.45) is 17.8 Å². The largest absolute Gasteiger partial charge is 0.303 e. The molecule has 0 N–H and O–H groups in total. The predicted octanol–water partition coefficient (Wildman–Crippen LogP) is 10.1. The molecule has 2 saturated carbocycles. The molecule has 0 aromatic heterocycles. The van der Waals surface area contributed by atoms with Gasteiger partial charge in [-0.2, -0.15) is 10.5 Å². The third-order valence-electron chi connectivity index (χ3n) is 10.9. The summed E-state index contributed by atoms with van der Waals surface area (Å²) in [5, 5.41) is 21.7.